The molecule has 4 aromatic carbocycles. The molecule has 67 heavy (non-hydrogen) atoms. The smallest absolute Gasteiger partial charge is 0.303 e. The molecule has 1 aliphatic rings. The van der Waals surface area contributed by atoms with Crippen molar-refractivity contribution in [3.05, 3.63) is 107 Å². The van der Waals surface area contributed by atoms with Gasteiger partial charge in [0, 0.05) is 59.8 Å². The molecule has 0 saturated heterocycles. The van der Waals surface area contributed by atoms with Gasteiger partial charge in [-0.15, -0.1) is 0 Å². The van der Waals surface area contributed by atoms with Crippen molar-refractivity contribution in [1.29, 1.82) is 0 Å². The predicted octanol–water partition coefficient (Wildman–Crippen LogP) is 6.78. The van der Waals surface area contributed by atoms with E-state index >= 15 is 0 Å². The molecule has 0 saturated carbocycles. The number of unbranched alkanes of at least 4 members (excludes halogenated alkanes) is 2. The lowest BCUT2D eigenvalue weighted by molar-refractivity contribution is -0.137. The highest BCUT2D eigenvalue weighted by atomic mass is 32.2. The summed E-state index contributed by atoms with van der Waals surface area (Å²) in [5, 5.41) is 12.6. The number of aryl methyl sites for hydroxylation is 1. The number of carboxylic acid groups (broad SMARTS) is 1. The fourth-order valence-corrected chi connectivity index (χ4v) is 11.3. The minimum atomic E-state index is -5.09. The molecule has 364 valence electrons. The molecule has 1 amide bonds. The average Bonchev–Trinajstić information content (AvgIpc) is 3.42. The predicted molar refractivity (Wildman–Crippen MR) is 252 cm³/mol. The van der Waals surface area contributed by atoms with Gasteiger partial charge in [0.05, 0.1) is 22.2 Å². The van der Waals surface area contributed by atoms with Gasteiger partial charge < -0.3 is 20.1 Å². The van der Waals surface area contributed by atoms with Crippen LogP contribution in [-0.2, 0) is 60.8 Å². The number of aliphatic carboxylic acids is 1. The maximum atomic E-state index is 13.5. The summed E-state index contributed by atoms with van der Waals surface area (Å²) < 4.78 is 145. The third-order valence-electron chi connectivity index (χ3n) is 12.1. The lowest BCUT2D eigenvalue weighted by Gasteiger charge is -2.34. The Bertz CT molecular complexity index is 3180. The van der Waals surface area contributed by atoms with E-state index < -0.39 is 83.6 Å². The van der Waals surface area contributed by atoms with Crippen LogP contribution in [0.25, 0.3) is 21.5 Å². The van der Waals surface area contributed by atoms with Crippen LogP contribution in [-0.4, -0.2) is 101 Å². The number of carbonyl (C=O) groups is 2. The van der Waals surface area contributed by atoms with Gasteiger partial charge >= 0.3 is 5.97 Å². The quantitative estimate of drug-likeness (QED) is 0.0285. The highest BCUT2D eigenvalue weighted by Crippen LogP contribution is 2.52. The van der Waals surface area contributed by atoms with Crippen molar-refractivity contribution >= 4 is 79.6 Å². The normalized spacial score (nSPS) is 15.9. The first-order valence-electron chi connectivity index (χ1n) is 20.8. The van der Waals surface area contributed by atoms with E-state index in [2.05, 4.69) is 11.9 Å². The van der Waals surface area contributed by atoms with Crippen LogP contribution in [0.1, 0.15) is 86.3 Å². The number of hydrogen-bond acceptors (Lipinski definition) is 12. The van der Waals surface area contributed by atoms with E-state index in [0.29, 0.717) is 70.7 Å². The van der Waals surface area contributed by atoms with E-state index in [0.717, 1.165) is 12.1 Å². The number of benzene rings is 4. The number of rotatable bonds is 21. The van der Waals surface area contributed by atoms with Crippen LogP contribution in [0.2, 0.25) is 0 Å². The average molecular weight is 1010 g/mol. The van der Waals surface area contributed by atoms with Gasteiger partial charge in [0.1, 0.15) is 4.90 Å². The van der Waals surface area contributed by atoms with Crippen LogP contribution in [0.3, 0.4) is 0 Å². The summed E-state index contributed by atoms with van der Waals surface area (Å²) in [6, 6.07) is 10.4. The number of fused-ring (bicyclic) bond motifs is 4. The molecule has 1 unspecified atom stereocenters. The number of nitrogens with zero attached hydrogens (tertiary/aromatic N) is 1. The van der Waals surface area contributed by atoms with Gasteiger partial charge in [0.2, 0.25) is 0 Å². The number of hydrogen-bond donors (Lipinski definition) is 6. The Hall–Kier alpha value is -5.04. The standard InChI is InChI=1S/C45H54N2O16S4/c1-28-15-16-33-35(25-31(66(57,58)59)27-38(33)67(60,61)62)41(28)45(5,19-11-23-64(51,52)53)29(2)12-10-13-39-44(3,4)42-34-24-30(65(54,55)56)26-36(43(50)46-20-22-63-6)32(34)17-18-37(42)47(39)21-9-7-8-14-40(48)49/h10,12-13,15-18,24-27H,2,7-9,11,14,19-23H2,1,3-6H3,(H,46,50)(H,48,49)(H,51,52,53)(H,54,55,56)(H,57,58,59)(H,60,61,62)/b12-10+,39-13+. The molecule has 6 N–H and O–H groups in total. The molecule has 0 spiro atoms. The zero-order valence-corrected chi connectivity index (χ0v) is 40.7. The van der Waals surface area contributed by atoms with Crippen molar-refractivity contribution in [3.63, 3.8) is 0 Å². The van der Waals surface area contributed by atoms with E-state index in [-0.39, 0.29) is 54.3 Å². The van der Waals surface area contributed by atoms with Crippen molar-refractivity contribution in [1.82, 2.24) is 5.32 Å². The van der Waals surface area contributed by atoms with Crippen molar-refractivity contribution in [2.24, 2.45) is 0 Å². The highest BCUT2D eigenvalue weighted by Gasteiger charge is 2.42. The van der Waals surface area contributed by atoms with Crippen LogP contribution in [0, 0.1) is 6.92 Å². The number of carboxylic acids is 1. The number of ether oxygens (including phenoxy) is 1. The molecule has 0 fully saturated rings. The van der Waals surface area contributed by atoms with E-state index in [4.69, 9.17) is 4.74 Å². The van der Waals surface area contributed by atoms with E-state index in [1.807, 2.05) is 18.7 Å². The second kappa shape index (κ2) is 19.9. The SMILES string of the molecule is C=C(/C=C/C=C1/N(CCCCCC(=O)O)c2ccc3c(C(=O)NCCOC)cc(S(=O)(=O)O)cc3c2C1(C)C)C(C)(CCCS(=O)(=O)O)c1c(C)ccc2c(S(=O)(=O)O)cc(S(=O)(=O)O)cc12. The maximum absolute atomic E-state index is 13.5. The van der Waals surface area contributed by atoms with Crippen molar-refractivity contribution in [2.45, 2.75) is 91.7 Å². The third kappa shape index (κ3) is 11.8. The Morgan fingerprint density at radius 1 is 0.821 bits per heavy atom. The van der Waals surface area contributed by atoms with Gasteiger partial charge in [-0.1, -0.05) is 64.1 Å². The largest absolute Gasteiger partial charge is 0.481 e. The summed E-state index contributed by atoms with van der Waals surface area (Å²) in [5.74, 6) is -2.24. The van der Waals surface area contributed by atoms with Crippen molar-refractivity contribution < 1.29 is 71.3 Å². The number of methoxy groups -OCH3 is 1. The summed E-state index contributed by atoms with van der Waals surface area (Å²) in [6.07, 6.45) is 6.22. The van der Waals surface area contributed by atoms with Gasteiger partial charge in [-0.3, -0.25) is 27.8 Å². The first kappa shape index (κ1) is 52.9. The van der Waals surface area contributed by atoms with Crippen LogP contribution in [0.15, 0.2) is 99.3 Å². The topological polar surface area (TPSA) is 296 Å². The number of carbonyl (C=O) groups excluding carboxylic acids is 1. The molecule has 1 heterocycles. The summed E-state index contributed by atoms with van der Waals surface area (Å²) in [7, 11) is -18.0. The summed E-state index contributed by atoms with van der Waals surface area (Å²) in [6.45, 7) is 12.0. The molecule has 18 nitrogen and oxygen atoms in total. The monoisotopic (exact) mass is 1010 g/mol. The van der Waals surface area contributed by atoms with Crippen LogP contribution < -0.4 is 10.2 Å². The van der Waals surface area contributed by atoms with Gasteiger partial charge in [0.25, 0.3) is 46.4 Å². The lowest BCUT2D eigenvalue weighted by atomic mass is 9.70. The third-order valence-corrected chi connectivity index (χ3v) is 15.4. The first-order chi connectivity index (χ1) is 30.9. The van der Waals surface area contributed by atoms with Crippen LogP contribution >= 0.6 is 0 Å². The number of anilines is 1. The molecule has 5 rings (SSSR count). The van der Waals surface area contributed by atoms with Crippen molar-refractivity contribution in [3.8, 4) is 0 Å². The molecular formula is C45H54N2O16S4. The van der Waals surface area contributed by atoms with E-state index in [9.17, 15) is 66.6 Å². The van der Waals surface area contributed by atoms with Gasteiger partial charge in [-0.05, 0) is 107 Å². The second-order valence-electron chi connectivity index (χ2n) is 17.1. The zero-order chi connectivity index (χ0) is 50.1. The lowest BCUT2D eigenvalue weighted by Crippen LogP contribution is -2.28. The second-order valence-corrected chi connectivity index (χ2v) is 22.9. The number of allylic oxidation sites excluding steroid dienone is 5. The molecule has 0 aliphatic carbocycles. The molecule has 0 aromatic heterocycles. The molecule has 4 aromatic rings. The molecule has 1 atom stereocenters. The summed E-state index contributed by atoms with van der Waals surface area (Å²) in [5.41, 5.74) is 0.593. The molecule has 22 heteroatoms. The number of amides is 1. The highest BCUT2D eigenvalue weighted by molar-refractivity contribution is 7.87. The fraction of sp³-hybridized carbons (Fsp3) is 0.378. The Morgan fingerprint density at radius 2 is 1.45 bits per heavy atom. The Morgan fingerprint density at radius 3 is 2.04 bits per heavy atom. The molecule has 1 aliphatic heterocycles. The number of nitrogens with one attached hydrogen (secondary N) is 1. The Balaban J connectivity index is 1.73. The minimum absolute atomic E-state index is 0.0156. The first-order valence-corrected chi connectivity index (χ1v) is 26.8. The van der Waals surface area contributed by atoms with Gasteiger partial charge in [0.15, 0.2) is 0 Å². The Labute approximate surface area is 390 Å². The molecular weight excluding hydrogens is 953 g/mol. The van der Waals surface area contributed by atoms with Crippen LogP contribution in [0.5, 0.6) is 0 Å². The molecule has 0 bridgehead atoms. The van der Waals surface area contributed by atoms with E-state index in [1.165, 1.54) is 25.3 Å². The maximum Gasteiger partial charge on any atom is 0.303 e. The fourth-order valence-electron chi connectivity index (χ4n) is 8.91. The zero-order valence-electron chi connectivity index (χ0n) is 37.4. The molecule has 0 radical (unpaired) electrons. The van der Waals surface area contributed by atoms with Crippen molar-refractivity contribution in [2.75, 3.05) is 37.5 Å². The van der Waals surface area contributed by atoms with Crippen LogP contribution in [0.4, 0.5) is 5.69 Å². The van der Waals surface area contributed by atoms with Gasteiger partial charge in [-0.25, -0.2) is 0 Å². The Kier molecular flexibility index (Phi) is 15.7. The minimum Gasteiger partial charge on any atom is -0.481 e. The summed E-state index contributed by atoms with van der Waals surface area (Å²) in [4.78, 5) is 24.6. The summed E-state index contributed by atoms with van der Waals surface area (Å²) >= 11 is 0. The van der Waals surface area contributed by atoms with E-state index in [1.54, 1.807) is 44.2 Å². The van der Waals surface area contributed by atoms with Gasteiger partial charge in [-0.2, -0.15) is 33.7 Å².